The number of carbonyl (C=O) groups is 1. The zero-order chi connectivity index (χ0) is 16.1. The van der Waals surface area contributed by atoms with E-state index in [2.05, 4.69) is 20.8 Å². The molecule has 0 aromatic heterocycles. The molecule has 3 nitrogen and oxygen atoms in total. The Morgan fingerprint density at radius 1 is 1.19 bits per heavy atom. The standard InChI is InChI=1S/C18H30O3/c1-12(19)7-8-13-17(4)10-6-9-16(2,3)14(17)11-15(20)18(13,5)21/h7-8,13-15,20-21H,6,9-11H2,1-5H3/b8-7+. The van der Waals surface area contributed by atoms with E-state index in [1.807, 2.05) is 6.08 Å². The molecule has 0 aromatic carbocycles. The van der Waals surface area contributed by atoms with E-state index in [0.717, 1.165) is 19.3 Å². The molecule has 0 radical (unpaired) electrons. The van der Waals surface area contributed by atoms with Crippen molar-refractivity contribution in [1.29, 1.82) is 0 Å². The van der Waals surface area contributed by atoms with E-state index < -0.39 is 11.7 Å². The average molecular weight is 294 g/mol. The van der Waals surface area contributed by atoms with Crippen LogP contribution in [-0.2, 0) is 4.79 Å². The highest BCUT2D eigenvalue weighted by atomic mass is 16.3. The number of allylic oxidation sites excluding steroid dienone is 1. The Morgan fingerprint density at radius 3 is 2.38 bits per heavy atom. The number of hydrogen-bond donors (Lipinski definition) is 2. The Bertz CT molecular complexity index is 449. The maximum atomic E-state index is 11.3. The van der Waals surface area contributed by atoms with E-state index in [1.54, 1.807) is 13.0 Å². The van der Waals surface area contributed by atoms with Crippen LogP contribution >= 0.6 is 0 Å². The summed E-state index contributed by atoms with van der Waals surface area (Å²) >= 11 is 0. The smallest absolute Gasteiger partial charge is 0.152 e. The van der Waals surface area contributed by atoms with Gasteiger partial charge in [0.15, 0.2) is 5.78 Å². The van der Waals surface area contributed by atoms with Gasteiger partial charge in [-0.15, -0.1) is 0 Å². The minimum Gasteiger partial charge on any atom is -0.390 e. The Kier molecular flexibility index (Phi) is 4.14. The lowest BCUT2D eigenvalue weighted by Gasteiger charge is -2.61. The molecule has 0 aliphatic heterocycles. The number of hydrogen-bond acceptors (Lipinski definition) is 3. The SMILES string of the molecule is CC(=O)/C=C/C1C(C)(O)C(O)CC2C(C)(C)CCCC21C. The highest BCUT2D eigenvalue weighted by Gasteiger charge is 2.60. The van der Waals surface area contributed by atoms with Crippen LogP contribution in [0.1, 0.15) is 60.3 Å². The summed E-state index contributed by atoms with van der Waals surface area (Å²) in [7, 11) is 0. The molecule has 0 heterocycles. The third-order valence-electron chi connectivity index (χ3n) is 6.27. The molecule has 0 spiro atoms. The second-order valence-electron chi connectivity index (χ2n) is 8.33. The van der Waals surface area contributed by atoms with E-state index in [-0.39, 0.29) is 22.5 Å². The first kappa shape index (κ1) is 16.7. The summed E-state index contributed by atoms with van der Waals surface area (Å²) in [5.74, 6) is 0.152. The first-order chi connectivity index (χ1) is 9.52. The van der Waals surface area contributed by atoms with Crippen LogP contribution in [-0.4, -0.2) is 27.7 Å². The van der Waals surface area contributed by atoms with Crippen molar-refractivity contribution in [3.8, 4) is 0 Å². The van der Waals surface area contributed by atoms with E-state index >= 15 is 0 Å². The zero-order valence-electron chi connectivity index (χ0n) is 14.0. The third-order valence-corrected chi connectivity index (χ3v) is 6.27. The van der Waals surface area contributed by atoms with E-state index in [9.17, 15) is 15.0 Å². The quantitative estimate of drug-likeness (QED) is 0.769. The minimum absolute atomic E-state index is 0.0129. The molecule has 2 aliphatic rings. The van der Waals surface area contributed by atoms with Crippen molar-refractivity contribution < 1.29 is 15.0 Å². The van der Waals surface area contributed by atoms with Crippen molar-refractivity contribution in [2.75, 3.05) is 0 Å². The molecule has 2 saturated carbocycles. The fourth-order valence-electron chi connectivity index (χ4n) is 5.11. The first-order valence-electron chi connectivity index (χ1n) is 8.11. The monoisotopic (exact) mass is 294 g/mol. The Morgan fingerprint density at radius 2 is 1.81 bits per heavy atom. The number of aliphatic hydroxyl groups is 2. The van der Waals surface area contributed by atoms with Gasteiger partial charge in [0.1, 0.15) is 0 Å². The van der Waals surface area contributed by atoms with Crippen LogP contribution < -0.4 is 0 Å². The summed E-state index contributed by atoms with van der Waals surface area (Å²) in [4.78, 5) is 11.3. The average Bonchev–Trinajstić information content (AvgIpc) is 2.31. The Labute approximate surface area is 128 Å². The number of rotatable bonds is 2. The van der Waals surface area contributed by atoms with Crippen LogP contribution in [0.25, 0.3) is 0 Å². The summed E-state index contributed by atoms with van der Waals surface area (Å²) in [6, 6.07) is 0. The van der Waals surface area contributed by atoms with Crippen molar-refractivity contribution in [3.63, 3.8) is 0 Å². The summed E-state index contributed by atoms with van der Waals surface area (Å²) < 4.78 is 0. The molecule has 2 fully saturated rings. The van der Waals surface area contributed by atoms with Crippen LogP contribution in [0.2, 0.25) is 0 Å². The number of carbonyl (C=O) groups excluding carboxylic acids is 1. The Balaban J connectivity index is 2.47. The highest BCUT2D eigenvalue weighted by molar-refractivity contribution is 5.87. The predicted octanol–water partition coefficient (Wildman–Crippen LogP) is 3.10. The highest BCUT2D eigenvalue weighted by Crippen LogP contribution is 2.62. The fraction of sp³-hybridized carbons (Fsp3) is 0.833. The maximum Gasteiger partial charge on any atom is 0.152 e. The molecule has 120 valence electrons. The van der Waals surface area contributed by atoms with Crippen LogP contribution in [0, 0.1) is 22.7 Å². The maximum absolute atomic E-state index is 11.3. The molecular weight excluding hydrogens is 264 g/mol. The van der Waals surface area contributed by atoms with Gasteiger partial charge in [-0.1, -0.05) is 33.3 Å². The Hall–Kier alpha value is -0.670. The van der Waals surface area contributed by atoms with Gasteiger partial charge in [0.25, 0.3) is 0 Å². The summed E-state index contributed by atoms with van der Waals surface area (Å²) in [6.07, 6.45) is 6.63. The molecule has 5 unspecified atom stereocenters. The van der Waals surface area contributed by atoms with Crippen LogP contribution in [0.15, 0.2) is 12.2 Å². The lowest BCUT2D eigenvalue weighted by atomic mass is 9.45. The van der Waals surface area contributed by atoms with Gasteiger partial charge in [-0.2, -0.15) is 0 Å². The van der Waals surface area contributed by atoms with E-state index in [1.165, 1.54) is 6.92 Å². The second kappa shape index (κ2) is 5.20. The molecule has 2 aliphatic carbocycles. The van der Waals surface area contributed by atoms with Crippen molar-refractivity contribution in [2.24, 2.45) is 22.7 Å². The van der Waals surface area contributed by atoms with Crippen LogP contribution in [0.3, 0.4) is 0 Å². The van der Waals surface area contributed by atoms with Gasteiger partial charge < -0.3 is 10.2 Å². The number of aliphatic hydroxyl groups excluding tert-OH is 1. The molecule has 3 heteroatoms. The molecule has 5 atom stereocenters. The minimum atomic E-state index is -1.18. The molecule has 0 amide bonds. The van der Waals surface area contributed by atoms with Gasteiger partial charge in [0.05, 0.1) is 11.7 Å². The fourth-order valence-corrected chi connectivity index (χ4v) is 5.11. The molecule has 0 bridgehead atoms. The zero-order valence-corrected chi connectivity index (χ0v) is 14.0. The van der Waals surface area contributed by atoms with E-state index in [4.69, 9.17) is 0 Å². The van der Waals surface area contributed by atoms with Gasteiger partial charge in [-0.05, 0) is 55.9 Å². The topological polar surface area (TPSA) is 57.5 Å². The lowest BCUT2D eigenvalue weighted by Crippen LogP contribution is -2.62. The molecule has 0 aromatic rings. The summed E-state index contributed by atoms with van der Waals surface area (Å²) in [5.41, 5.74) is -1.09. The lowest BCUT2D eigenvalue weighted by molar-refractivity contribution is -0.204. The van der Waals surface area contributed by atoms with Crippen molar-refractivity contribution in [1.82, 2.24) is 0 Å². The normalized spacial score (nSPS) is 46.3. The van der Waals surface area contributed by atoms with Gasteiger partial charge in [-0.25, -0.2) is 0 Å². The third kappa shape index (κ3) is 2.70. The number of fused-ring (bicyclic) bond motifs is 1. The summed E-state index contributed by atoms with van der Waals surface area (Å²) in [5, 5.41) is 21.4. The molecule has 2 rings (SSSR count). The van der Waals surface area contributed by atoms with Gasteiger partial charge in [0.2, 0.25) is 0 Å². The van der Waals surface area contributed by atoms with E-state index in [0.29, 0.717) is 12.3 Å². The van der Waals surface area contributed by atoms with Crippen molar-refractivity contribution >= 4 is 5.78 Å². The molecule has 0 saturated heterocycles. The molecule has 21 heavy (non-hydrogen) atoms. The molecular formula is C18H30O3. The molecule has 2 N–H and O–H groups in total. The largest absolute Gasteiger partial charge is 0.390 e. The van der Waals surface area contributed by atoms with Gasteiger partial charge in [-0.3, -0.25) is 4.79 Å². The predicted molar refractivity (Wildman–Crippen MR) is 83.8 cm³/mol. The van der Waals surface area contributed by atoms with Crippen LogP contribution in [0.4, 0.5) is 0 Å². The second-order valence-corrected chi connectivity index (χ2v) is 8.33. The first-order valence-corrected chi connectivity index (χ1v) is 8.11. The van der Waals surface area contributed by atoms with Crippen LogP contribution in [0.5, 0.6) is 0 Å². The van der Waals surface area contributed by atoms with Crippen molar-refractivity contribution in [3.05, 3.63) is 12.2 Å². The number of ketones is 1. The van der Waals surface area contributed by atoms with Gasteiger partial charge >= 0.3 is 0 Å². The van der Waals surface area contributed by atoms with Gasteiger partial charge in [0, 0.05) is 5.92 Å². The van der Waals surface area contributed by atoms with Crippen molar-refractivity contribution in [2.45, 2.75) is 72.0 Å². The summed E-state index contributed by atoms with van der Waals surface area (Å²) in [6.45, 7) is 10.0.